The van der Waals surface area contributed by atoms with E-state index >= 15 is 0 Å². The maximum atomic E-state index is 12.5. The van der Waals surface area contributed by atoms with Gasteiger partial charge >= 0.3 is 6.18 Å². The molecule has 0 unspecified atom stereocenters. The van der Waals surface area contributed by atoms with Crippen molar-refractivity contribution in [3.05, 3.63) is 22.7 Å². The van der Waals surface area contributed by atoms with Crippen LogP contribution in [0.5, 0.6) is 5.75 Å². The molecule has 0 bridgehead atoms. The standard InChI is InChI=1S/C8H7ClF3NO/c1-14-5-3-2-4(13)7(9)6(5)8(10,11)12/h2-3H,13H2,1H3. The zero-order valence-electron chi connectivity index (χ0n) is 7.15. The zero-order valence-corrected chi connectivity index (χ0v) is 7.91. The van der Waals surface area contributed by atoms with Crippen LogP contribution in [-0.2, 0) is 6.18 Å². The van der Waals surface area contributed by atoms with E-state index in [-0.39, 0.29) is 11.4 Å². The van der Waals surface area contributed by atoms with Gasteiger partial charge in [-0.15, -0.1) is 0 Å². The predicted octanol–water partition coefficient (Wildman–Crippen LogP) is 2.95. The molecule has 0 aliphatic rings. The largest absolute Gasteiger partial charge is 0.496 e. The third kappa shape index (κ3) is 1.87. The molecule has 0 aliphatic carbocycles. The van der Waals surface area contributed by atoms with Crippen LogP contribution in [0.4, 0.5) is 18.9 Å². The lowest BCUT2D eigenvalue weighted by Crippen LogP contribution is -2.09. The molecule has 0 saturated heterocycles. The van der Waals surface area contributed by atoms with E-state index in [0.717, 1.165) is 13.2 Å². The van der Waals surface area contributed by atoms with Crippen LogP contribution in [0.2, 0.25) is 5.02 Å². The Kier molecular flexibility index (Phi) is 2.80. The number of anilines is 1. The molecule has 0 atom stereocenters. The Morgan fingerprint density at radius 1 is 1.36 bits per heavy atom. The average Bonchev–Trinajstić information content (AvgIpc) is 2.07. The molecule has 0 heterocycles. The summed E-state index contributed by atoms with van der Waals surface area (Å²) in [5.74, 6) is -0.336. The number of ether oxygens (including phenoxy) is 1. The minimum absolute atomic E-state index is 0.125. The molecule has 0 radical (unpaired) electrons. The molecule has 14 heavy (non-hydrogen) atoms. The number of rotatable bonds is 1. The zero-order chi connectivity index (χ0) is 10.9. The third-order valence-corrected chi connectivity index (χ3v) is 2.04. The number of alkyl halides is 3. The Labute approximate surface area is 83.4 Å². The normalized spacial score (nSPS) is 11.5. The van der Waals surface area contributed by atoms with Gasteiger partial charge in [-0.25, -0.2) is 0 Å². The van der Waals surface area contributed by atoms with E-state index in [4.69, 9.17) is 17.3 Å². The first-order chi connectivity index (χ1) is 6.38. The van der Waals surface area contributed by atoms with Crippen LogP contribution in [0.25, 0.3) is 0 Å². The maximum Gasteiger partial charge on any atom is 0.421 e. The fraction of sp³-hybridized carbons (Fsp3) is 0.250. The van der Waals surface area contributed by atoms with Crippen LogP contribution in [-0.4, -0.2) is 7.11 Å². The van der Waals surface area contributed by atoms with Gasteiger partial charge in [0.15, 0.2) is 0 Å². The van der Waals surface area contributed by atoms with Gasteiger partial charge in [0.05, 0.1) is 17.8 Å². The molecule has 78 valence electrons. The summed E-state index contributed by atoms with van der Waals surface area (Å²) in [5.41, 5.74) is 4.09. The highest BCUT2D eigenvalue weighted by Gasteiger charge is 2.37. The van der Waals surface area contributed by atoms with E-state index in [0.29, 0.717) is 0 Å². The third-order valence-electron chi connectivity index (χ3n) is 1.64. The topological polar surface area (TPSA) is 35.2 Å². The first-order valence-electron chi connectivity index (χ1n) is 3.57. The van der Waals surface area contributed by atoms with Gasteiger partial charge in [-0.05, 0) is 12.1 Å². The van der Waals surface area contributed by atoms with Gasteiger partial charge in [-0.2, -0.15) is 13.2 Å². The number of nitrogens with two attached hydrogens (primary N) is 1. The van der Waals surface area contributed by atoms with Crippen molar-refractivity contribution in [1.29, 1.82) is 0 Å². The molecule has 2 N–H and O–H groups in total. The quantitative estimate of drug-likeness (QED) is 0.746. The number of hydrogen-bond acceptors (Lipinski definition) is 2. The van der Waals surface area contributed by atoms with Crippen LogP contribution in [0.1, 0.15) is 5.56 Å². The molecule has 1 aromatic carbocycles. The molecule has 2 nitrogen and oxygen atoms in total. The van der Waals surface area contributed by atoms with Crippen molar-refractivity contribution in [2.45, 2.75) is 6.18 Å². The van der Waals surface area contributed by atoms with Gasteiger partial charge in [-0.3, -0.25) is 0 Å². The van der Waals surface area contributed by atoms with Crippen molar-refractivity contribution in [3.63, 3.8) is 0 Å². The molecular formula is C8H7ClF3NO. The number of methoxy groups -OCH3 is 1. The van der Waals surface area contributed by atoms with Gasteiger partial charge in [0.1, 0.15) is 11.3 Å². The monoisotopic (exact) mass is 225 g/mol. The Morgan fingerprint density at radius 2 is 1.93 bits per heavy atom. The van der Waals surface area contributed by atoms with E-state index in [9.17, 15) is 13.2 Å². The molecule has 0 saturated carbocycles. The molecule has 0 spiro atoms. The Morgan fingerprint density at radius 3 is 2.36 bits per heavy atom. The van der Waals surface area contributed by atoms with Crippen molar-refractivity contribution in [1.82, 2.24) is 0 Å². The van der Waals surface area contributed by atoms with E-state index in [1.165, 1.54) is 6.07 Å². The van der Waals surface area contributed by atoms with Crippen molar-refractivity contribution in [3.8, 4) is 5.75 Å². The number of benzene rings is 1. The van der Waals surface area contributed by atoms with Crippen molar-refractivity contribution >= 4 is 17.3 Å². The second-order valence-corrected chi connectivity index (χ2v) is 2.92. The van der Waals surface area contributed by atoms with Crippen LogP contribution in [0.15, 0.2) is 12.1 Å². The molecule has 6 heteroatoms. The lowest BCUT2D eigenvalue weighted by Gasteiger charge is -2.14. The molecule has 0 aromatic heterocycles. The summed E-state index contributed by atoms with van der Waals surface area (Å²) < 4.78 is 41.9. The predicted molar refractivity (Wildman–Crippen MR) is 47.4 cm³/mol. The van der Waals surface area contributed by atoms with E-state index in [2.05, 4.69) is 4.74 Å². The first kappa shape index (κ1) is 11.0. The molecule has 1 aromatic rings. The average molecular weight is 226 g/mol. The maximum absolute atomic E-state index is 12.5. The first-order valence-corrected chi connectivity index (χ1v) is 3.95. The Bertz CT molecular complexity index is 351. The second kappa shape index (κ2) is 3.57. The number of halogens is 4. The summed E-state index contributed by atoms with van der Waals surface area (Å²) >= 11 is 5.44. The number of nitrogen functional groups attached to an aromatic ring is 1. The molecule has 0 fully saturated rings. The molecular weight excluding hydrogens is 219 g/mol. The molecule has 0 amide bonds. The second-order valence-electron chi connectivity index (χ2n) is 2.54. The summed E-state index contributed by atoms with van der Waals surface area (Å²) in [5, 5.41) is -0.531. The van der Waals surface area contributed by atoms with Crippen LogP contribution in [0.3, 0.4) is 0 Å². The van der Waals surface area contributed by atoms with E-state index < -0.39 is 16.8 Å². The smallest absolute Gasteiger partial charge is 0.421 e. The lowest BCUT2D eigenvalue weighted by molar-refractivity contribution is -0.138. The summed E-state index contributed by atoms with van der Waals surface area (Å²) in [7, 11) is 1.14. The highest BCUT2D eigenvalue weighted by Crippen LogP contribution is 2.43. The minimum Gasteiger partial charge on any atom is -0.496 e. The SMILES string of the molecule is COc1ccc(N)c(Cl)c1C(F)(F)F. The van der Waals surface area contributed by atoms with Crippen LogP contribution in [0, 0.1) is 0 Å². The summed E-state index contributed by atoms with van der Waals surface area (Å²) in [4.78, 5) is 0. The van der Waals surface area contributed by atoms with E-state index in [1.807, 2.05) is 0 Å². The Hall–Kier alpha value is -1.10. The van der Waals surface area contributed by atoms with Crippen molar-refractivity contribution in [2.24, 2.45) is 0 Å². The highest BCUT2D eigenvalue weighted by atomic mass is 35.5. The number of hydrogen-bond donors (Lipinski definition) is 1. The van der Waals surface area contributed by atoms with Crippen molar-refractivity contribution < 1.29 is 17.9 Å². The van der Waals surface area contributed by atoms with Gasteiger partial charge < -0.3 is 10.5 Å². The van der Waals surface area contributed by atoms with Gasteiger partial charge in [0.2, 0.25) is 0 Å². The fourth-order valence-electron chi connectivity index (χ4n) is 1.01. The highest BCUT2D eigenvalue weighted by molar-refractivity contribution is 6.34. The fourth-order valence-corrected chi connectivity index (χ4v) is 1.27. The minimum atomic E-state index is -4.57. The summed E-state index contributed by atoms with van der Waals surface area (Å²) in [6.07, 6.45) is -4.57. The Balaban J connectivity index is 3.44. The molecule has 1 rings (SSSR count). The van der Waals surface area contributed by atoms with Crippen molar-refractivity contribution in [2.75, 3.05) is 12.8 Å². The summed E-state index contributed by atoms with van der Waals surface area (Å²) in [6.45, 7) is 0. The van der Waals surface area contributed by atoms with Gasteiger partial charge in [0.25, 0.3) is 0 Å². The molecule has 0 aliphatic heterocycles. The van der Waals surface area contributed by atoms with Gasteiger partial charge in [-0.1, -0.05) is 11.6 Å². The summed E-state index contributed by atoms with van der Waals surface area (Å²) in [6, 6.07) is 2.39. The van der Waals surface area contributed by atoms with E-state index in [1.54, 1.807) is 0 Å². The van der Waals surface area contributed by atoms with Crippen LogP contribution < -0.4 is 10.5 Å². The van der Waals surface area contributed by atoms with Crippen LogP contribution >= 0.6 is 11.6 Å². The lowest BCUT2D eigenvalue weighted by atomic mass is 10.1. The van der Waals surface area contributed by atoms with Gasteiger partial charge in [0, 0.05) is 0 Å².